The molecular weight excluding hydrogens is 493 g/mol. The van der Waals surface area contributed by atoms with E-state index >= 15 is 0 Å². The molecule has 0 bridgehead atoms. The van der Waals surface area contributed by atoms with Gasteiger partial charge in [0.05, 0.1) is 25.1 Å². The maximum Gasteiger partial charge on any atom is 0.342 e. The molecule has 0 aliphatic carbocycles. The lowest BCUT2D eigenvalue weighted by Gasteiger charge is -2.26. The van der Waals surface area contributed by atoms with Crippen LogP contribution in [-0.4, -0.2) is 70.3 Å². The third-order valence-corrected chi connectivity index (χ3v) is 6.49. The molecule has 5 rings (SSSR count). The average molecular weight is 520 g/mol. The molecule has 196 valence electrons. The van der Waals surface area contributed by atoms with E-state index in [0.29, 0.717) is 54.2 Å². The summed E-state index contributed by atoms with van der Waals surface area (Å²) in [5, 5.41) is 17.3. The number of amides is 2. The predicted octanol–water partition coefficient (Wildman–Crippen LogP) is 1.88. The summed E-state index contributed by atoms with van der Waals surface area (Å²) < 4.78 is 26.0. The van der Waals surface area contributed by atoms with Crippen molar-refractivity contribution in [2.75, 3.05) is 31.8 Å². The predicted molar refractivity (Wildman–Crippen MR) is 134 cm³/mol. The number of hydrogen-bond acceptors (Lipinski definition) is 7. The van der Waals surface area contributed by atoms with Crippen LogP contribution < -0.4 is 15.0 Å². The minimum Gasteiger partial charge on any atom is -0.489 e. The lowest BCUT2D eigenvalue weighted by molar-refractivity contribution is -0.120. The number of fused-ring (bicyclic) bond motifs is 1. The van der Waals surface area contributed by atoms with E-state index in [0.717, 1.165) is 4.68 Å². The Morgan fingerprint density at radius 2 is 2.13 bits per heavy atom. The van der Waals surface area contributed by atoms with E-state index in [1.807, 2.05) is 0 Å². The van der Waals surface area contributed by atoms with Crippen molar-refractivity contribution in [3.63, 3.8) is 0 Å². The molecule has 0 unspecified atom stereocenters. The number of carbonyl (C=O) groups is 2. The van der Waals surface area contributed by atoms with Crippen molar-refractivity contribution in [3.8, 4) is 17.6 Å². The van der Waals surface area contributed by atoms with Crippen LogP contribution in [0.25, 0.3) is 0 Å². The number of rotatable bonds is 3. The second-order valence-corrected chi connectivity index (χ2v) is 9.21. The van der Waals surface area contributed by atoms with Crippen LogP contribution in [0.4, 0.5) is 14.9 Å². The van der Waals surface area contributed by atoms with Crippen LogP contribution in [0.2, 0.25) is 0 Å². The molecule has 0 spiro atoms. The number of hydrogen-bond donors (Lipinski definition) is 2. The standard InChI is InChI=1S/C27H26FN5O5/c1-32-22-14-18(6-7-27(36)8-11-37-12-9-27)4-5-23(22)38-17-21(25(32)34)31-26(35)33-16-19(15-30-33)13-20-3-2-10-29-24(20)28/h2-5,10,14-16,21,36H,8-9,11-13,17H2,1H3,(H,31,35)/t21-/m1/s1. The van der Waals surface area contributed by atoms with Gasteiger partial charge in [-0.05, 0) is 29.8 Å². The van der Waals surface area contributed by atoms with E-state index in [4.69, 9.17) is 9.47 Å². The minimum absolute atomic E-state index is 0.0816. The van der Waals surface area contributed by atoms with Crippen molar-refractivity contribution in [1.29, 1.82) is 0 Å². The summed E-state index contributed by atoms with van der Waals surface area (Å²) >= 11 is 0. The number of carbonyl (C=O) groups excluding carboxylic acids is 2. The summed E-state index contributed by atoms with van der Waals surface area (Å²) in [5.41, 5.74) is 1.00. The van der Waals surface area contributed by atoms with Crippen molar-refractivity contribution < 1.29 is 28.6 Å². The van der Waals surface area contributed by atoms with Crippen LogP contribution >= 0.6 is 0 Å². The van der Waals surface area contributed by atoms with Crippen molar-refractivity contribution in [3.05, 3.63) is 71.6 Å². The summed E-state index contributed by atoms with van der Waals surface area (Å²) in [6.07, 6.45) is 5.38. The van der Waals surface area contributed by atoms with Gasteiger partial charge in [-0.15, -0.1) is 0 Å². The first-order chi connectivity index (χ1) is 18.3. The Morgan fingerprint density at radius 1 is 1.32 bits per heavy atom. The lowest BCUT2D eigenvalue weighted by atomic mass is 9.95. The molecule has 1 fully saturated rings. The van der Waals surface area contributed by atoms with Crippen LogP contribution in [0.15, 0.2) is 48.9 Å². The Kier molecular flexibility index (Phi) is 7.09. The second kappa shape index (κ2) is 10.6. The van der Waals surface area contributed by atoms with E-state index < -0.39 is 23.6 Å². The summed E-state index contributed by atoms with van der Waals surface area (Å²) in [4.78, 5) is 31.0. The first kappa shape index (κ1) is 25.4. The van der Waals surface area contributed by atoms with Gasteiger partial charge in [-0.2, -0.15) is 14.2 Å². The van der Waals surface area contributed by atoms with Crippen LogP contribution in [0.1, 0.15) is 29.5 Å². The summed E-state index contributed by atoms with van der Waals surface area (Å²) in [6, 6.07) is 6.82. The number of aliphatic hydroxyl groups is 1. The average Bonchev–Trinajstić information content (AvgIpc) is 3.36. The Labute approximate surface area is 218 Å². The highest BCUT2D eigenvalue weighted by molar-refractivity contribution is 6.00. The lowest BCUT2D eigenvalue weighted by Crippen LogP contribution is -2.50. The second-order valence-electron chi connectivity index (χ2n) is 9.21. The van der Waals surface area contributed by atoms with Crippen molar-refractivity contribution in [2.45, 2.75) is 30.9 Å². The van der Waals surface area contributed by atoms with Crippen LogP contribution in [-0.2, 0) is 16.0 Å². The number of likely N-dealkylation sites (N-methyl/N-ethyl adjacent to an activating group) is 1. The van der Waals surface area contributed by atoms with Crippen LogP contribution in [0.3, 0.4) is 0 Å². The molecule has 1 saturated heterocycles. The number of benzene rings is 1. The van der Waals surface area contributed by atoms with Gasteiger partial charge in [0.2, 0.25) is 5.95 Å². The van der Waals surface area contributed by atoms with Crippen LogP contribution in [0.5, 0.6) is 5.75 Å². The van der Waals surface area contributed by atoms with E-state index in [1.54, 1.807) is 37.4 Å². The summed E-state index contributed by atoms with van der Waals surface area (Å²) in [7, 11) is 1.59. The minimum atomic E-state index is -1.10. The van der Waals surface area contributed by atoms with Gasteiger partial charge in [0, 0.05) is 49.8 Å². The van der Waals surface area contributed by atoms with Crippen LogP contribution in [0, 0.1) is 17.8 Å². The van der Waals surface area contributed by atoms with Gasteiger partial charge in [-0.3, -0.25) is 4.79 Å². The van der Waals surface area contributed by atoms with Gasteiger partial charge in [-0.1, -0.05) is 17.9 Å². The zero-order chi connectivity index (χ0) is 26.7. The smallest absolute Gasteiger partial charge is 0.342 e. The quantitative estimate of drug-likeness (QED) is 0.401. The van der Waals surface area contributed by atoms with Gasteiger partial charge in [0.25, 0.3) is 5.91 Å². The highest BCUT2D eigenvalue weighted by Gasteiger charge is 2.31. The third-order valence-electron chi connectivity index (χ3n) is 6.49. The van der Waals surface area contributed by atoms with Gasteiger partial charge in [0.1, 0.15) is 24.0 Å². The molecule has 2 aliphatic heterocycles. The van der Waals surface area contributed by atoms with E-state index in [2.05, 4.69) is 27.2 Å². The molecular formula is C27H26FN5O5. The Balaban J connectivity index is 1.26. The van der Waals surface area contributed by atoms with E-state index in [1.165, 1.54) is 23.5 Å². The fraction of sp³-hybridized carbons (Fsp3) is 0.333. The number of nitrogens with one attached hydrogen (secondary N) is 1. The van der Waals surface area contributed by atoms with Crippen molar-refractivity contribution in [1.82, 2.24) is 20.1 Å². The Hall–Kier alpha value is -4.27. The normalized spacial score (nSPS) is 18.4. The molecule has 4 heterocycles. The molecule has 1 aromatic carbocycles. The van der Waals surface area contributed by atoms with Gasteiger partial charge in [-0.25, -0.2) is 9.78 Å². The molecule has 2 amide bonds. The number of anilines is 1. The summed E-state index contributed by atoms with van der Waals surface area (Å²) in [5.74, 6) is 5.42. The molecule has 2 N–H and O–H groups in total. The van der Waals surface area contributed by atoms with Crippen molar-refractivity contribution in [2.24, 2.45) is 0 Å². The molecule has 1 atom stereocenters. The number of halogens is 1. The highest BCUT2D eigenvalue weighted by Crippen LogP contribution is 2.31. The maximum absolute atomic E-state index is 13.9. The number of ether oxygens (including phenoxy) is 2. The molecule has 0 radical (unpaired) electrons. The SMILES string of the molecule is CN1C(=O)[C@H](NC(=O)n2cc(Cc3cccnc3F)cn2)COc2ccc(C#CC3(O)CCOCC3)cc21. The molecule has 38 heavy (non-hydrogen) atoms. The molecule has 3 aromatic rings. The molecule has 0 saturated carbocycles. The van der Waals surface area contributed by atoms with Gasteiger partial charge in [0.15, 0.2) is 0 Å². The van der Waals surface area contributed by atoms with Gasteiger partial charge < -0.3 is 24.8 Å². The molecule has 2 aromatic heterocycles. The first-order valence-electron chi connectivity index (χ1n) is 12.1. The van der Waals surface area contributed by atoms with E-state index in [-0.39, 0.29) is 18.9 Å². The maximum atomic E-state index is 13.9. The number of aromatic nitrogens is 3. The fourth-order valence-corrected chi connectivity index (χ4v) is 4.25. The summed E-state index contributed by atoms with van der Waals surface area (Å²) in [6.45, 7) is 0.828. The monoisotopic (exact) mass is 519 g/mol. The molecule has 11 heteroatoms. The first-order valence-corrected chi connectivity index (χ1v) is 12.1. The van der Waals surface area contributed by atoms with Gasteiger partial charge >= 0.3 is 6.03 Å². The third kappa shape index (κ3) is 5.51. The van der Waals surface area contributed by atoms with E-state index in [9.17, 15) is 19.1 Å². The number of pyridine rings is 1. The zero-order valence-electron chi connectivity index (χ0n) is 20.7. The topological polar surface area (TPSA) is 119 Å². The zero-order valence-corrected chi connectivity index (χ0v) is 20.7. The Morgan fingerprint density at radius 3 is 2.92 bits per heavy atom. The fourth-order valence-electron chi connectivity index (χ4n) is 4.25. The van der Waals surface area contributed by atoms with Crippen molar-refractivity contribution >= 4 is 17.6 Å². The highest BCUT2D eigenvalue weighted by atomic mass is 19.1. The number of nitrogens with zero attached hydrogens (tertiary/aromatic N) is 4. The molecule has 10 nitrogen and oxygen atoms in total. The Bertz CT molecular complexity index is 1420. The molecule has 2 aliphatic rings. The largest absolute Gasteiger partial charge is 0.489 e.